The van der Waals surface area contributed by atoms with Crippen molar-refractivity contribution in [3.8, 4) is 0 Å². The van der Waals surface area contributed by atoms with Crippen LogP contribution < -0.4 is 4.66 Å². The summed E-state index contributed by atoms with van der Waals surface area (Å²) in [7, 11) is -1.93. The van der Waals surface area contributed by atoms with Crippen molar-refractivity contribution in [3.63, 3.8) is 0 Å². The van der Waals surface area contributed by atoms with Crippen LogP contribution in [0.3, 0.4) is 0 Å². The molecule has 0 aromatic carbocycles. The van der Waals surface area contributed by atoms with E-state index in [9.17, 15) is 0 Å². The standard InChI is InChI=1S/C9H17N.ClH3O4/c1-10-6-8-3-2-4-9(5-8)7-10;2-1(3,4)5/h8-9H,2-7H2,1H3;2-4H. The van der Waals surface area contributed by atoms with Crippen molar-refractivity contribution in [2.24, 2.45) is 11.8 Å². The number of nitrogens with zero attached hydrogens (tertiary/aromatic N) is 1. The van der Waals surface area contributed by atoms with Gasteiger partial charge in [0.2, 0.25) is 0 Å². The molecule has 6 heteroatoms. The average Bonchev–Trinajstić information content (AvgIpc) is 1.99. The molecule has 2 aliphatic rings. The first-order valence-corrected chi connectivity index (χ1v) is 6.51. The van der Waals surface area contributed by atoms with Gasteiger partial charge in [0.15, 0.2) is 0 Å². The van der Waals surface area contributed by atoms with E-state index in [-0.39, 0.29) is 0 Å². The van der Waals surface area contributed by atoms with Crippen molar-refractivity contribution in [1.29, 1.82) is 0 Å². The van der Waals surface area contributed by atoms with Gasteiger partial charge in [0.05, 0.1) is 0 Å². The Hall–Kier alpha value is 0.0900. The fourth-order valence-corrected chi connectivity index (χ4v) is 2.69. The molecule has 1 aliphatic carbocycles. The first-order valence-electron chi connectivity index (χ1n) is 5.19. The van der Waals surface area contributed by atoms with Crippen LogP contribution in [0.2, 0.25) is 0 Å². The second-order valence-corrected chi connectivity index (χ2v) is 5.42. The summed E-state index contributed by atoms with van der Waals surface area (Å²) in [4.78, 5) is 2.51. The molecule has 1 saturated heterocycles. The topological polar surface area (TPSA) is 87.0 Å². The van der Waals surface area contributed by atoms with Crippen molar-refractivity contribution in [2.75, 3.05) is 20.1 Å². The summed E-state index contributed by atoms with van der Waals surface area (Å²) in [5, 5.41) is 0. The molecule has 1 heterocycles. The number of hydrogen-bond donors (Lipinski definition) is 3. The molecule has 2 bridgehead atoms. The third-order valence-corrected chi connectivity index (χ3v) is 3.03. The zero-order valence-corrected chi connectivity index (χ0v) is 9.73. The Kier molecular flexibility index (Phi) is 4.76. The molecule has 0 aromatic heterocycles. The van der Waals surface area contributed by atoms with Gasteiger partial charge in [-0.05, 0) is 38.1 Å². The van der Waals surface area contributed by atoms with Crippen molar-refractivity contribution in [2.45, 2.75) is 25.7 Å². The molecular weight excluding hydrogens is 222 g/mol. The third kappa shape index (κ3) is 6.29. The summed E-state index contributed by atoms with van der Waals surface area (Å²) in [5.41, 5.74) is 0. The quantitative estimate of drug-likeness (QED) is 0.500. The summed E-state index contributed by atoms with van der Waals surface area (Å²) < 4.78 is 30.2. The van der Waals surface area contributed by atoms with Crippen LogP contribution >= 0.6 is 0 Å². The molecule has 0 radical (unpaired) electrons. The number of hydrogen-bond acceptors (Lipinski definition) is 5. The fourth-order valence-electron chi connectivity index (χ4n) is 2.69. The van der Waals surface area contributed by atoms with Gasteiger partial charge in [-0.2, -0.15) is 0 Å². The molecule has 3 N–H and O–H groups in total. The van der Waals surface area contributed by atoms with Crippen LogP contribution in [-0.4, -0.2) is 39.0 Å². The third-order valence-electron chi connectivity index (χ3n) is 3.03. The SMILES string of the molecule is CN1CC2CCCC(C2)C1.[O-][Cl+](O)(O)O. The Morgan fingerprint density at radius 1 is 1.13 bits per heavy atom. The summed E-state index contributed by atoms with van der Waals surface area (Å²) in [6, 6.07) is 0. The van der Waals surface area contributed by atoms with E-state index in [1.807, 2.05) is 0 Å². The van der Waals surface area contributed by atoms with E-state index < -0.39 is 10.2 Å². The summed E-state index contributed by atoms with van der Waals surface area (Å²) in [6.07, 6.45) is 6.04. The van der Waals surface area contributed by atoms with Crippen LogP contribution in [0.4, 0.5) is 0 Å². The molecule has 92 valence electrons. The first kappa shape index (κ1) is 13.2. The molecule has 2 rings (SSSR count). The predicted molar refractivity (Wildman–Crippen MR) is 49.6 cm³/mol. The van der Waals surface area contributed by atoms with Crippen molar-refractivity contribution < 1.29 is 28.9 Å². The molecule has 0 spiro atoms. The van der Waals surface area contributed by atoms with Crippen LogP contribution in [0.1, 0.15) is 25.7 Å². The van der Waals surface area contributed by atoms with Gasteiger partial charge in [0.25, 0.3) is 0 Å². The van der Waals surface area contributed by atoms with E-state index in [0.717, 1.165) is 11.8 Å². The number of halogens is 1. The van der Waals surface area contributed by atoms with Gasteiger partial charge in [0.1, 0.15) is 0 Å². The van der Waals surface area contributed by atoms with Gasteiger partial charge < -0.3 is 4.90 Å². The molecule has 2 unspecified atom stereocenters. The molecule has 1 aliphatic heterocycles. The van der Waals surface area contributed by atoms with Gasteiger partial charge in [-0.15, -0.1) is 0 Å². The average molecular weight is 242 g/mol. The van der Waals surface area contributed by atoms with Crippen molar-refractivity contribution in [1.82, 2.24) is 4.90 Å². The van der Waals surface area contributed by atoms with Crippen LogP contribution in [-0.2, 0) is 0 Å². The number of fused-ring (bicyclic) bond motifs is 2. The molecule has 1 saturated carbocycles. The summed E-state index contributed by atoms with van der Waals surface area (Å²) >= 11 is 0. The predicted octanol–water partition coefficient (Wildman–Crippen LogP) is -1.12. The molecule has 15 heavy (non-hydrogen) atoms. The minimum absolute atomic E-state index is 1.05. The molecule has 0 aromatic rings. The number of piperidine rings is 1. The van der Waals surface area contributed by atoms with Crippen LogP contribution in [0.5, 0.6) is 0 Å². The molecular formula is C9H20ClNO4. The van der Waals surface area contributed by atoms with E-state index >= 15 is 0 Å². The normalized spacial score (nSPS) is 32.9. The maximum atomic E-state index is 8.83. The van der Waals surface area contributed by atoms with E-state index in [2.05, 4.69) is 11.9 Å². The monoisotopic (exact) mass is 241 g/mol. The van der Waals surface area contributed by atoms with E-state index in [4.69, 9.17) is 18.6 Å². The molecule has 0 amide bonds. The Balaban J connectivity index is 0.000000195. The summed E-state index contributed by atoms with van der Waals surface area (Å²) in [5.74, 6) is 2.11. The fraction of sp³-hybridized carbons (Fsp3) is 1.00. The van der Waals surface area contributed by atoms with E-state index in [1.54, 1.807) is 0 Å². The van der Waals surface area contributed by atoms with E-state index in [0.29, 0.717) is 0 Å². The first-order chi connectivity index (χ1) is 6.84. The van der Waals surface area contributed by atoms with Crippen molar-refractivity contribution >= 4 is 0 Å². The Bertz CT molecular complexity index is 175. The van der Waals surface area contributed by atoms with Gasteiger partial charge in [-0.1, -0.05) is 6.42 Å². The van der Waals surface area contributed by atoms with Gasteiger partial charge in [-0.3, -0.25) is 0 Å². The van der Waals surface area contributed by atoms with E-state index in [1.165, 1.54) is 38.8 Å². The Morgan fingerprint density at radius 2 is 1.53 bits per heavy atom. The molecule has 5 nitrogen and oxygen atoms in total. The van der Waals surface area contributed by atoms with Gasteiger partial charge >= 0.3 is 28.9 Å². The van der Waals surface area contributed by atoms with Gasteiger partial charge in [0, 0.05) is 13.1 Å². The second kappa shape index (κ2) is 5.43. The Labute approximate surface area is 92.1 Å². The zero-order chi connectivity index (χ0) is 11.5. The van der Waals surface area contributed by atoms with Crippen LogP contribution in [0, 0.1) is 22.1 Å². The molecule has 2 atom stereocenters. The summed E-state index contributed by atoms with van der Waals surface area (Å²) in [6.45, 7) is 2.74. The number of likely N-dealkylation sites (tertiary alicyclic amines) is 1. The van der Waals surface area contributed by atoms with Gasteiger partial charge in [-0.25, -0.2) is 0 Å². The zero-order valence-electron chi connectivity index (χ0n) is 8.97. The maximum absolute atomic E-state index is 8.83. The van der Waals surface area contributed by atoms with Crippen LogP contribution in [0.25, 0.3) is 0 Å². The second-order valence-electron chi connectivity index (χ2n) is 4.55. The number of rotatable bonds is 0. The minimum atomic E-state index is -4.19. The van der Waals surface area contributed by atoms with Crippen molar-refractivity contribution in [3.05, 3.63) is 0 Å². The molecule has 2 fully saturated rings. The van der Waals surface area contributed by atoms with Crippen LogP contribution in [0.15, 0.2) is 0 Å². The Morgan fingerprint density at radius 3 is 1.93 bits per heavy atom.